The normalized spacial score (nSPS) is 23.7. The molecule has 1 fully saturated rings. The molecule has 0 spiro atoms. The van der Waals surface area contributed by atoms with Crippen molar-refractivity contribution < 1.29 is 14.6 Å². The fourth-order valence-corrected chi connectivity index (χ4v) is 2.12. The molecule has 106 valence electrons. The third kappa shape index (κ3) is 3.26. The first-order valence-corrected chi connectivity index (χ1v) is 6.43. The second-order valence-electron chi connectivity index (χ2n) is 6.02. The molecule has 1 unspecified atom stereocenters. The zero-order chi connectivity index (χ0) is 14.2. The lowest BCUT2D eigenvalue weighted by molar-refractivity contribution is 0.0270. The van der Waals surface area contributed by atoms with Gasteiger partial charge in [0.2, 0.25) is 0 Å². The number of hydrogen-bond donors (Lipinski definition) is 1. The molecule has 0 aliphatic carbocycles. The number of aliphatic hydroxyl groups excluding tert-OH is 1. The number of β-amino-alcohol motifs (C(OH)–C–C–N with tert-alkyl or cyclic N) is 1. The molecule has 2 atom stereocenters. The predicted octanol–water partition coefficient (Wildman–Crippen LogP) is 1.34. The Hall–Kier alpha value is -1.56. The summed E-state index contributed by atoms with van der Waals surface area (Å²) in [5.41, 5.74) is 0.505. The molecule has 1 saturated heterocycles. The summed E-state index contributed by atoms with van der Waals surface area (Å²) in [5.74, 6) is 0. The molecule has 1 aromatic heterocycles. The number of aromatic nitrogens is 2. The van der Waals surface area contributed by atoms with Gasteiger partial charge in [-0.25, -0.2) is 4.79 Å². The van der Waals surface area contributed by atoms with Crippen LogP contribution in [0.15, 0.2) is 12.4 Å². The van der Waals surface area contributed by atoms with Crippen LogP contribution < -0.4 is 0 Å². The molecule has 1 N–H and O–H groups in total. The van der Waals surface area contributed by atoms with Crippen molar-refractivity contribution in [2.75, 3.05) is 13.1 Å². The lowest BCUT2D eigenvalue weighted by Crippen LogP contribution is -2.35. The van der Waals surface area contributed by atoms with Gasteiger partial charge in [0.1, 0.15) is 5.60 Å². The van der Waals surface area contributed by atoms with E-state index in [2.05, 4.69) is 5.10 Å². The zero-order valence-corrected chi connectivity index (χ0v) is 11.8. The lowest BCUT2D eigenvalue weighted by atomic mass is 10.2. The summed E-state index contributed by atoms with van der Waals surface area (Å²) in [6, 6.07) is -0.207. The van der Waals surface area contributed by atoms with E-state index in [-0.39, 0.29) is 12.6 Å². The maximum atomic E-state index is 12.0. The second-order valence-corrected chi connectivity index (χ2v) is 6.02. The maximum Gasteiger partial charge on any atom is 0.410 e. The topological polar surface area (TPSA) is 67.6 Å². The largest absolute Gasteiger partial charge is 0.444 e. The van der Waals surface area contributed by atoms with Crippen molar-refractivity contribution in [3.8, 4) is 0 Å². The van der Waals surface area contributed by atoms with Crippen molar-refractivity contribution in [3.05, 3.63) is 18.0 Å². The number of amides is 1. The van der Waals surface area contributed by atoms with E-state index < -0.39 is 17.8 Å². The van der Waals surface area contributed by atoms with Crippen molar-refractivity contribution >= 4 is 6.09 Å². The van der Waals surface area contributed by atoms with Gasteiger partial charge in [0.25, 0.3) is 0 Å². The van der Waals surface area contributed by atoms with Crippen molar-refractivity contribution in [3.63, 3.8) is 0 Å². The smallest absolute Gasteiger partial charge is 0.410 e. The molecule has 6 heteroatoms. The Balaban J connectivity index is 2.03. The average molecular weight is 267 g/mol. The first-order chi connectivity index (χ1) is 8.76. The van der Waals surface area contributed by atoms with E-state index in [1.54, 1.807) is 10.9 Å². The predicted molar refractivity (Wildman–Crippen MR) is 69.8 cm³/mol. The van der Waals surface area contributed by atoms with E-state index in [1.165, 1.54) is 4.90 Å². The minimum Gasteiger partial charge on any atom is -0.444 e. The summed E-state index contributed by atoms with van der Waals surface area (Å²) in [6.07, 6.45) is 2.60. The Morgan fingerprint density at radius 3 is 2.68 bits per heavy atom. The number of likely N-dealkylation sites (tertiary alicyclic amines) is 1. The van der Waals surface area contributed by atoms with Crippen LogP contribution in [-0.4, -0.2) is 50.7 Å². The number of hydrogen-bond acceptors (Lipinski definition) is 4. The Labute approximate surface area is 113 Å². The van der Waals surface area contributed by atoms with Crippen LogP contribution >= 0.6 is 0 Å². The number of aryl methyl sites for hydroxylation is 1. The number of rotatable bonds is 1. The fourth-order valence-electron chi connectivity index (χ4n) is 2.12. The van der Waals surface area contributed by atoms with E-state index >= 15 is 0 Å². The second kappa shape index (κ2) is 4.85. The van der Waals surface area contributed by atoms with E-state index in [0.29, 0.717) is 6.54 Å². The maximum absolute atomic E-state index is 12.0. The number of ether oxygens (including phenoxy) is 1. The van der Waals surface area contributed by atoms with Crippen LogP contribution in [0.1, 0.15) is 32.4 Å². The van der Waals surface area contributed by atoms with Gasteiger partial charge in [0.05, 0.1) is 24.9 Å². The molecule has 2 heterocycles. The summed E-state index contributed by atoms with van der Waals surface area (Å²) in [7, 11) is 0. The van der Waals surface area contributed by atoms with Crippen molar-refractivity contribution in [2.24, 2.45) is 0 Å². The van der Waals surface area contributed by atoms with Crippen molar-refractivity contribution in [1.29, 1.82) is 0 Å². The van der Waals surface area contributed by atoms with Crippen LogP contribution in [0.2, 0.25) is 0 Å². The van der Waals surface area contributed by atoms with Gasteiger partial charge < -0.3 is 14.7 Å². The van der Waals surface area contributed by atoms with E-state index in [4.69, 9.17) is 4.74 Å². The zero-order valence-electron chi connectivity index (χ0n) is 11.8. The van der Waals surface area contributed by atoms with E-state index in [0.717, 1.165) is 5.56 Å². The van der Waals surface area contributed by atoms with Crippen LogP contribution in [0.3, 0.4) is 0 Å². The SMILES string of the molecule is Cc1cnn(C2CN(C(=O)OC(C)(C)C)C[C@H]2O)c1. The lowest BCUT2D eigenvalue weighted by Gasteiger charge is -2.24. The van der Waals surface area contributed by atoms with Gasteiger partial charge in [-0.1, -0.05) is 0 Å². The van der Waals surface area contributed by atoms with Gasteiger partial charge in [0, 0.05) is 12.7 Å². The average Bonchev–Trinajstić information content (AvgIpc) is 2.82. The molecule has 0 saturated carbocycles. The first-order valence-electron chi connectivity index (χ1n) is 6.43. The Morgan fingerprint density at radius 2 is 2.16 bits per heavy atom. The number of nitrogens with zero attached hydrogens (tertiary/aromatic N) is 3. The molecule has 1 amide bonds. The van der Waals surface area contributed by atoms with Crippen LogP contribution in [0.5, 0.6) is 0 Å². The summed E-state index contributed by atoms with van der Waals surface area (Å²) >= 11 is 0. The molecule has 6 nitrogen and oxygen atoms in total. The van der Waals surface area contributed by atoms with Gasteiger partial charge >= 0.3 is 6.09 Å². The van der Waals surface area contributed by atoms with E-state index in [9.17, 15) is 9.90 Å². The van der Waals surface area contributed by atoms with Gasteiger partial charge in [-0.2, -0.15) is 5.10 Å². The van der Waals surface area contributed by atoms with Crippen LogP contribution in [0.4, 0.5) is 4.79 Å². The Morgan fingerprint density at radius 1 is 1.47 bits per heavy atom. The van der Waals surface area contributed by atoms with Crippen molar-refractivity contribution in [1.82, 2.24) is 14.7 Å². The number of aliphatic hydroxyl groups is 1. The Bertz CT molecular complexity index is 464. The van der Waals surface area contributed by atoms with Gasteiger partial charge in [0.15, 0.2) is 0 Å². The molecule has 19 heavy (non-hydrogen) atoms. The summed E-state index contributed by atoms with van der Waals surface area (Å²) < 4.78 is 7.02. The summed E-state index contributed by atoms with van der Waals surface area (Å²) in [6.45, 7) is 8.11. The third-order valence-corrected chi connectivity index (χ3v) is 2.98. The molecule has 1 aliphatic heterocycles. The van der Waals surface area contributed by atoms with Gasteiger partial charge in [-0.3, -0.25) is 4.68 Å². The number of carbonyl (C=O) groups is 1. The molecule has 1 aliphatic rings. The van der Waals surface area contributed by atoms with Gasteiger partial charge in [-0.15, -0.1) is 0 Å². The van der Waals surface area contributed by atoms with Crippen molar-refractivity contribution in [2.45, 2.75) is 45.4 Å². The molecule has 0 aromatic carbocycles. The highest BCUT2D eigenvalue weighted by molar-refractivity contribution is 5.68. The van der Waals surface area contributed by atoms with Crippen LogP contribution in [0.25, 0.3) is 0 Å². The highest BCUT2D eigenvalue weighted by atomic mass is 16.6. The Kier molecular flexibility index (Phi) is 3.54. The van der Waals surface area contributed by atoms with Crippen LogP contribution in [-0.2, 0) is 4.74 Å². The van der Waals surface area contributed by atoms with Gasteiger partial charge in [-0.05, 0) is 33.3 Å². The summed E-state index contributed by atoms with van der Waals surface area (Å²) in [5, 5.41) is 14.3. The van der Waals surface area contributed by atoms with E-state index in [1.807, 2.05) is 33.9 Å². The molecule has 1 aromatic rings. The van der Waals surface area contributed by atoms with Crippen LogP contribution in [0, 0.1) is 6.92 Å². The fraction of sp³-hybridized carbons (Fsp3) is 0.692. The molecule has 2 rings (SSSR count). The third-order valence-electron chi connectivity index (χ3n) is 2.98. The summed E-state index contributed by atoms with van der Waals surface area (Å²) in [4.78, 5) is 13.5. The highest BCUT2D eigenvalue weighted by Gasteiger charge is 2.37. The monoisotopic (exact) mass is 267 g/mol. The highest BCUT2D eigenvalue weighted by Crippen LogP contribution is 2.23. The standard InChI is InChI=1S/C13H21N3O3/c1-9-5-14-16(6-9)10-7-15(8-11(10)17)12(18)19-13(2,3)4/h5-6,10-11,17H,7-8H2,1-4H3/t10?,11-/m1/s1. The first kappa shape index (κ1) is 13.9. The quantitative estimate of drug-likeness (QED) is 0.834. The molecule has 0 bridgehead atoms. The minimum atomic E-state index is -0.619. The molecule has 0 radical (unpaired) electrons. The number of carbonyl (C=O) groups excluding carboxylic acids is 1. The molecular formula is C13H21N3O3. The molecular weight excluding hydrogens is 246 g/mol. The minimum absolute atomic E-state index is 0.207.